The average Bonchev–Trinajstić information content (AvgIpc) is 3.03. The van der Waals surface area contributed by atoms with Gasteiger partial charge in [-0.3, -0.25) is 0 Å². The van der Waals surface area contributed by atoms with Crippen LogP contribution in [0.3, 0.4) is 0 Å². The first-order valence-corrected chi connectivity index (χ1v) is 7.80. The largest absolute Gasteiger partial charge is 0.452 e. The van der Waals surface area contributed by atoms with E-state index in [1.165, 1.54) is 0 Å². The van der Waals surface area contributed by atoms with Crippen LogP contribution in [0.15, 0.2) is 57.4 Å². The lowest BCUT2D eigenvalue weighted by molar-refractivity contribution is 0.0438. The van der Waals surface area contributed by atoms with E-state index in [9.17, 15) is 4.79 Å². The normalized spacial score (nSPS) is 10.5. The van der Waals surface area contributed by atoms with Crippen LogP contribution in [-0.2, 0) is 11.3 Å². The zero-order valence-electron chi connectivity index (χ0n) is 11.7. The van der Waals surface area contributed by atoms with Crippen molar-refractivity contribution >= 4 is 33.5 Å². The molecule has 3 rings (SSSR count). The summed E-state index contributed by atoms with van der Waals surface area (Å²) >= 11 is 9.13. The smallest absolute Gasteiger partial charge is 0.338 e. The number of halogens is 2. The molecule has 0 saturated carbocycles. The molecule has 0 fully saturated rings. The summed E-state index contributed by atoms with van der Waals surface area (Å²) in [5.74, 6) is 0.116. The lowest BCUT2D eigenvalue weighted by atomic mass is 10.2. The summed E-state index contributed by atoms with van der Waals surface area (Å²) in [7, 11) is 0. The molecule has 0 spiro atoms. The summed E-state index contributed by atoms with van der Waals surface area (Å²) in [6, 6.07) is 13.9. The second-order valence-electron chi connectivity index (χ2n) is 4.59. The van der Waals surface area contributed by atoms with Gasteiger partial charge in [-0.2, -0.15) is 0 Å². The van der Waals surface area contributed by atoms with Crippen molar-refractivity contribution in [2.75, 3.05) is 0 Å². The molecule has 0 aliphatic heterocycles. The van der Waals surface area contributed by atoms with E-state index in [2.05, 4.69) is 26.1 Å². The van der Waals surface area contributed by atoms with Gasteiger partial charge in [0.1, 0.15) is 0 Å². The number of carbonyl (C=O) groups excluding carboxylic acids is 1. The zero-order chi connectivity index (χ0) is 16.2. The predicted molar refractivity (Wildman–Crippen MR) is 88.0 cm³/mol. The summed E-state index contributed by atoms with van der Waals surface area (Å²) in [5.41, 5.74) is 1.19. The number of carbonyl (C=O) groups is 1. The molecule has 0 atom stereocenters. The van der Waals surface area contributed by atoms with E-state index in [4.69, 9.17) is 20.8 Å². The number of rotatable bonds is 4. The highest BCUT2D eigenvalue weighted by molar-refractivity contribution is 9.10. The lowest BCUT2D eigenvalue weighted by Crippen LogP contribution is -2.05. The first-order chi connectivity index (χ1) is 11.1. The number of aromatic nitrogens is 2. The maximum Gasteiger partial charge on any atom is 0.338 e. The van der Waals surface area contributed by atoms with Crippen LogP contribution in [0.1, 0.15) is 16.2 Å². The molecule has 0 aliphatic rings. The maximum absolute atomic E-state index is 11.9. The summed E-state index contributed by atoms with van der Waals surface area (Å²) in [6.07, 6.45) is 0. The molecule has 3 aromatic rings. The fourth-order valence-corrected chi connectivity index (χ4v) is 2.21. The Bertz CT molecular complexity index is 816. The third-order valence-electron chi connectivity index (χ3n) is 2.96. The summed E-state index contributed by atoms with van der Waals surface area (Å²) < 4.78 is 11.6. The molecule has 0 aliphatic carbocycles. The average molecular weight is 394 g/mol. The van der Waals surface area contributed by atoms with Crippen LogP contribution in [0.2, 0.25) is 5.02 Å². The first-order valence-electron chi connectivity index (χ1n) is 6.63. The SMILES string of the molecule is O=C(OCc1nnc(-c2ccc(Br)cc2)o1)c1ccc(Cl)cc1. The van der Waals surface area contributed by atoms with Gasteiger partial charge >= 0.3 is 5.97 Å². The highest BCUT2D eigenvalue weighted by Gasteiger charge is 2.12. The quantitative estimate of drug-likeness (QED) is 0.610. The van der Waals surface area contributed by atoms with Crippen LogP contribution < -0.4 is 0 Å². The Morgan fingerprint density at radius 3 is 2.48 bits per heavy atom. The second kappa shape index (κ2) is 6.93. The van der Waals surface area contributed by atoms with Crippen molar-refractivity contribution in [1.29, 1.82) is 0 Å². The number of ether oxygens (including phenoxy) is 1. The van der Waals surface area contributed by atoms with E-state index in [-0.39, 0.29) is 12.5 Å². The van der Waals surface area contributed by atoms with Gasteiger partial charge < -0.3 is 9.15 Å². The monoisotopic (exact) mass is 392 g/mol. The summed E-state index contributed by atoms with van der Waals surface area (Å²) in [4.78, 5) is 11.9. The van der Waals surface area contributed by atoms with E-state index < -0.39 is 5.97 Å². The number of hydrogen-bond donors (Lipinski definition) is 0. The van der Waals surface area contributed by atoms with Crippen LogP contribution in [0.4, 0.5) is 0 Å². The van der Waals surface area contributed by atoms with Crippen LogP contribution in [-0.4, -0.2) is 16.2 Å². The zero-order valence-corrected chi connectivity index (χ0v) is 14.0. The molecule has 5 nitrogen and oxygen atoms in total. The lowest BCUT2D eigenvalue weighted by Gasteiger charge is -2.01. The Balaban J connectivity index is 1.64. The molecule has 0 N–H and O–H groups in total. The Hall–Kier alpha value is -2.18. The number of esters is 1. The van der Waals surface area contributed by atoms with Crippen molar-refractivity contribution in [2.45, 2.75) is 6.61 Å². The number of hydrogen-bond acceptors (Lipinski definition) is 5. The van der Waals surface area contributed by atoms with Gasteiger partial charge in [-0.1, -0.05) is 27.5 Å². The minimum atomic E-state index is -0.481. The van der Waals surface area contributed by atoms with Gasteiger partial charge in [0, 0.05) is 15.1 Å². The van der Waals surface area contributed by atoms with Crippen LogP contribution in [0, 0.1) is 0 Å². The number of benzene rings is 2. The van der Waals surface area contributed by atoms with Crippen LogP contribution in [0.5, 0.6) is 0 Å². The maximum atomic E-state index is 11.9. The molecule has 2 aromatic carbocycles. The van der Waals surface area contributed by atoms with Gasteiger partial charge in [0.05, 0.1) is 5.56 Å². The topological polar surface area (TPSA) is 65.2 Å². The van der Waals surface area contributed by atoms with Crippen molar-refractivity contribution in [3.63, 3.8) is 0 Å². The van der Waals surface area contributed by atoms with E-state index in [0.29, 0.717) is 16.5 Å². The highest BCUT2D eigenvalue weighted by Crippen LogP contribution is 2.20. The van der Waals surface area contributed by atoms with Crippen molar-refractivity contribution in [3.8, 4) is 11.5 Å². The molecule has 0 radical (unpaired) electrons. The predicted octanol–water partition coefficient (Wildman–Crippen LogP) is 4.51. The molecule has 1 heterocycles. The molecule has 0 bridgehead atoms. The van der Waals surface area contributed by atoms with Crippen molar-refractivity contribution in [3.05, 3.63) is 69.5 Å². The Kier molecular flexibility index (Phi) is 4.73. The third kappa shape index (κ3) is 3.97. The molecule has 0 saturated heterocycles. The van der Waals surface area contributed by atoms with Crippen molar-refractivity contribution < 1.29 is 13.9 Å². The molecule has 7 heteroatoms. The van der Waals surface area contributed by atoms with Gasteiger partial charge in [-0.25, -0.2) is 4.79 Å². The second-order valence-corrected chi connectivity index (χ2v) is 5.94. The van der Waals surface area contributed by atoms with Crippen molar-refractivity contribution in [1.82, 2.24) is 10.2 Å². The molecule has 0 amide bonds. The summed E-state index contributed by atoms with van der Waals surface area (Å²) in [6.45, 7) is -0.0923. The van der Waals surface area contributed by atoms with E-state index in [1.807, 2.05) is 24.3 Å². The molecular weight excluding hydrogens is 384 g/mol. The van der Waals surface area contributed by atoms with Gasteiger partial charge in [-0.15, -0.1) is 10.2 Å². The Morgan fingerprint density at radius 1 is 1.09 bits per heavy atom. The van der Waals surface area contributed by atoms with E-state index in [1.54, 1.807) is 24.3 Å². The fraction of sp³-hybridized carbons (Fsp3) is 0.0625. The highest BCUT2D eigenvalue weighted by atomic mass is 79.9. The fourth-order valence-electron chi connectivity index (χ4n) is 1.82. The Morgan fingerprint density at radius 2 is 1.78 bits per heavy atom. The Labute approximate surface area is 145 Å². The van der Waals surface area contributed by atoms with Gasteiger partial charge in [0.25, 0.3) is 5.89 Å². The molecule has 23 heavy (non-hydrogen) atoms. The van der Waals surface area contributed by atoms with Gasteiger partial charge in [-0.05, 0) is 48.5 Å². The van der Waals surface area contributed by atoms with Crippen molar-refractivity contribution in [2.24, 2.45) is 0 Å². The molecule has 0 unspecified atom stereocenters. The first kappa shape index (κ1) is 15.7. The van der Waals surface area contributed by atoms with Crippen LogP contribution >= 0.6 is 27.5 Å². The third-order valence-corrected chi connectivity index (χ3v) is 3.75. The standard InChI is InChI=1S/C16H10BrClN2O3/c17-12-5-1-10(2-6-12)15-20-19-14(23-15)9-22-16(21)11-3-7-13(18)8-4-11/h1-8H,9H2. The van der Waals surface area contributed by atoms with E-state index in [0.717, 1.165) is 10.0 Å². The minimum absolute atomic E-state index is 0.0923. The van der Waals surface area contributed by atoms with Crippen LogP contribution in [0.25, 0.3) is 11.5 Å². The summed E-state index contributed by atoms with van der Waals surface area (Å²) in [5, 5.41) is 8.36. The molecular formula is C16H10BrClN2O3. The molecule has 1 aromatic heterocycles. The number of nitrogens with zero attached hydrogens (tertiary/aromatic N) is 2. The van der Waals surface area contributed by atoms with E-state index >= 15 is 0 Å². The van der Waals surface area contributed by atoms with Gasteiger partial charge in [0.15, 0.2) is 6.61 Å². The molecule has 116 valence electrons. The minimum Gasteiger partial charge on any atom is -0.452 e. The van der Waals surface area contributed by atoms with Gasteiger partial charge in [0.2, 0.25) is 5.89 Å².